The molecule has 3 rings (SSSR count). The van der Waals surface area contributed by atoms with Crippen molar-refractivity contribution in [2.75, 3.05) is 0 Å². The first-order chi connectivity index (χ1) is 8.72. The molecule has 0 amide bonds. The first-order valence-electron chi connectivity index (χ1n) is 6.47. The molecule has 1 saturated carbocycles. The third-order valence-electron chi connectivity index (χ3n) is 4.11. The molecule has 0 aromatic heterocycles. The van der Waals surface area contributed by atoms with E-state index < -0.39 is 0 Å². The maximum atomic E-state index is 10.7. The van der Waals surface area contributed by atoms with E-state index in [1.807, 2.05) is 12.1 Å². The summed E-state index contributed by atoms with van der Waals surface area (Å²) in [5.74, 6) is 7.35. The molecule has 0 radical (unpaired) electrons. The minimum atomic E-state index is -0.352. The number of nitro benzene ring substituents is 1. The summed E-state index contributed by atoms with van der Waals surface area (Å²) in [5, 5.41) is 10.7. The lowest BCUT2D eigenvalue weighted by molar-refractivity contribution is -0.384. The van der Waals surface area contributed by atoms with Crippen LogP contribution in [0.25, 0.3) is 0 Å². The third-order valence-corrected chi connectivity index (χ3v) is 4.11. The van der Waals surface area contributed by atoms with Gasteiger partial charge in [-0.25, -0.2) is 0 Å². The van der Waals surface area contributed by atoms with Crippen LogP contribution >= 0.6 is 0 Å². The second-order valence-electron chi connectivity index (χ2n) is 5.22. The highest BCUT2D eigenvalue weighted by molar-refractivity contribution is 5.47. The summed E-state index contributed by atoms with van der Waals surface area (Å²) in [4.78, 5) is 10.3. The summed E-state index contributed by atoms with van der Waals surface area (Å²) < 4.78 is 0. The van der Waals surface area contributed by atoms with Gasteiger partial charge in [0.15, 0.2) is 0 Å². The normalized spacial score (nSPS) is 29.2. The van der Waals surface area contributed by atoms with Crippen molar-refractivity contribution in [2.24, 2.45) is 5.92 Å². The average molecular weight is 241 g/mol. The van der Waals surface area contributed by atoms with Crippen LogP contribution < -0.4 is 0 Å². The average Bonchev–Trinajstić information content (AvgIpc) is 3.03. The summed E-state index contributed by atoms with van der Waals surface area (Å²) >= 11 is 0. The zero-order valence-electron chi connectivity index (χ0n) is 10.2. The number of nitro groups is 1. The Morgan fingerprint density at radius 3 is 2.78 bits per heavy atom. The molecule has 3 nitrogen and oxygen atoms in total. The Balaban J connectivity index is 1.92. The van der Waals surface area contributed by atoms with E-state index in [-0.39, 0.29) is 16.0 Å². The van der Waals surface area contributed by atoms with Gasteiger partial charge in [-0.2, -0.15) is 0 Å². The van der Waals surface area contributed by atoms with E-state index in [0.29, 0.717) is 5.92 Å². The van der Waals surface area contributed by atoms with Gasteiger partial charge in [0.25, 0.3) is 5.69 Å². The van der Waals surface area contributed by atoms with Gasteiger partial charge in [0, 0.05) is 18.6 Å². The fraction of sp³-hybridized carbons (Fsp3) is 0.467. The van der Waals surface area contributed by atoms with Crippen LogP contribution in [-0.4, -0.2) is 4.92 Å². The largest absolute Gasteiger partial charge is 0.269 e. The molecule has 1 fully saturated rings. The molecule has 92 valence electrons. The van der Waals surface area contributed by atoms with E-state index in [1.165, 1.54) is 19.3 Å². The Bertz CT molecular complexity index is 538. The molecule has 2 unspecified atom stereocenters. The highest BCUT2D eigenvalue weighted by atomic mass is 16.6. The molecule has 1 aromatic rings. The second kappa shape index (κ2) is 4.13. The van der Waals surface area contributed by atoms with Crippen LogP contribution in [0.2, 0.25) is 0 Å². The highest BCUT2D eigenvalue weighted by Crippen LogP contribution is 2.56. The first kappa shape index (κ1) is 11.3. The zero-order valence-corrected chi connectivity index (χ0v) is 10.2. The highest BCUT2D eigenvalue weighted by Gasteiger charge is 2.53. The summed E-state index contributed by atoms with van der Waals surface area (Å²) in [6, 6.07) is 6.96. The SMILES string of the molecule is O=[N+]([O-])c1ccc(C23C#CCCCCC2C3)cc1. The maximum Gasteiger partial charge on any atom is 0.269 e. The molecule has 0 bridgehead atoms. The zero-order chi connectivity index (χ0) is 12.6. The van der Waals surface area contributed by atoms with E-state index in [4.69, 9.17) is 0 Å². The van der Waals surface area contributed by atoms with Crippen LogP contribution in [0.5, 0.6) is 0 Å². The number of hydrogen-bond donors (Lipinski definition) is 0. The number of non-ortho nitro benzene ring substituents is 1. The summed E-state index contributed by atoms with van der Waals surface area (Å²) in [6.45, 7) is 0. The molecule has 0 heterocycles. The van der Waals surface area contributed by atoms with Gasteiger partial charge in [0.1, 0.15) is 0 Å². The van der Waals surface area contributed by atoms with Crippen LogP contribution in [0, 0.1) is 27.9 Å². The molecule has 1 aromatic carbocycles. The van der Waals surface area contributed by atoms with Crippen LogP contribution in [0.3, 0.4) is 0 Å². The Hall–Kier alpha value is -1.82. The Morgan fingerprint density at radius 1 is 1.28 bits per heavy atom. The van der Waals surface area contributed by atoms with Crippen LogP contribution in [0.1, 0.15) is 37.7 Å². The standard InChI is InChI=1S/C15H15NO2/c17-16(18)14-8-6-12(7-9-14)15-10-4-2-1-3-5-13(15)11-15/h6-9,13H,1-3,5,11H2. The Labute approximate surface area is 106 Å². The maximum absolute atomic E-state index is 10.7. The van der Waals surface area contributed by atoms with E-state index in [9.17, 15) is 10.1 Å². The molecular weight excluding hydrogens is 226 g/mol. The molecule has 2 aliphatic rings. The van der Waals surface area contributed by atoms with E-state index in [1.54, 1.807) is 12.1 Å². The minimum absolute atomic E-state index is 0.00947. The first-order valence-corrected chi connectivity index (χ1v) is 6.47. The van der Waals surface area contributed by atoms with E-state index in [0.717, 1.165) is 18.4 Å². The van der Waals surface area contributed by atoms with Gasteiger partial charge in [-0.05, 0) is 30.7 Å². The number of hydrogen-bond acceptors (Lipinski definition) is 2. The van der Waals surface area contributed by atoms with E-state index in [2.05, 4.69) is 11.8 Å². The monoisotopic (exact) mass is 241 g/mol. The van der Waals surface area contributed by atoms with Gasteiger partial charge in [-0.1, -0.05) is 24.5 Å². The lowest BCUT2D eigenvalue weighted by Crippen LogP contribution is -2.08. The molecule has 0 N–H and O–H groups in total. The third kappa shape index (κ3) is 1.78. The minimum Gasteiger partial charge on any atom is -0.258 e. The summed E-state index contributed by atoms with van der Waals surface area (Å²) in [7, 11) is 0. The van der Waals surface area contributed by atoms with Crippen molar-refractivity contribution in [1.29, 1.82) is 0 Å². The molecule has 0 saturated heterocycles. The molecule has 3 heteroatoms. The molecule has 2 atom stereocenters. The lowest BCUT2D eigenvalue weighted by atomic mass is 9.90. The molecular formula is C15H15NO2. The number of fused-ring (bicyclic) bond motifs is 1. The quantitative estimate of drug-likeness (QED) is 0.452. The van der Waals surface area contributed by atoms with Gasteiger partial charge in [-0.15, -0.1) is 5.92 Å². The van der Waals surface area contributed by atoms with Crippen molar-refractivity contribution in [3.05, 3.63) is 39.9 Å². The molecule has 0 aliphatic heterocycles. The fourth-order valence-electron chi connectivity index (χ4n) is 2.96. The number of nitrogens with zero attached hydrogens (tertiary/aromatic N) is 1. The molecule has 0 spiro atoms. The Morgan fingerprint density at radius 2 is 2.06 bits per heavy atom. The summed E-state index contributed by atoms with van der Waals surface area (Å²) in [6.07, 6.45) is 5.82. The molecule has 18 heavy (non-hydrogen) atoms. The van der Waals surface area contributed by atoms with Crippen molar-refractivity contribution >= 4 is 5.69 Å². The van der Waals surface area contributed by atoms with Gasteiger partial charge in [0.05, 0.1) is 10.3 Å². The van der Waals surface area contributed by atoms with Crippen molar-refractivity contribution in [3.63, 3.8) is 0 Å². The van der Waals surface area contributed by atoms with Crippen molar-refractivity contribution in [3.8, 4) is 11.8 Å². The number of rotatable bonds is 2. The smallest absolute Gasteiger partial charge is 0.258 e. The topological polar surface area (TPSA) is 43.1 Å². The van der Waals surface area contributed by atoms with Crippen molar-refractivity contribution < 1.29 is 4.92 Å². The van der Waals surface area contributed by atoms with Crippen molar-refractivity contribution in [1.82, 2.24) is 0 Å². The fourth-order valence-corrected chi connectivity index (χ4v) is 2.96. The lowest BCUT2D eigenvalue weighted by Gasteiger charge is -2.12. The van der Waals surface area contributed by atoms with Gasteiger partial charge < -0.3 is 0 Å². The molecule has 2 aliphatic carbocycles. The predicted molar refractivity (Wildman–Crippen MR) is 69.1 cm³/mol. The van der Waals surface area contributed by atoms with Crippen LogP contribution in [-0.2, 0) is 5.41 Å². The van der Waals surface area contributed by atoms with Gasteiger partial charge >= 0.3 is 0 Å². The number of benzene rings is 1. The Kier molecular flexibility index (Phi) is 2.59. The van der Waals surface area contributed by atoms with E-state index >= 15 is 0 Å². The van der Waals surface area contributed by atoms with Gasteiger partial charge in [-0.3, -0.25) is 10.1 Å². The predicted octanol–water partition coefficient (Wildman–Crippen LogP) is 3.43. The van der Waals surface area contributed by atoms with Gasteiger partial charge in [0.2, 0.25) is 0 Å². The second-order valence-corrected chi connectivity index (χ2v) is 5.22. The van der Waals surface area contributed by atoms with Crippen LogP contribution in [0.15, 0.2) is 24.3 Å². The van der Waals surface area contributed by atoms with Crippen molar-refractivity contribution in [2.45, 2.75) is 37.5 Å². The van der Waals surface area contributed by atoms with Crippen LogP contribution in [0.4, 0.5) is 5.69 Å². The summed E-state index contributed by atoms with van der Waals surface area (Å²) in [5.41, 5.74) is 1.33.